The first kappa shape index (κ1) is 70.3. The molecule has 6 nitrogen and oxygen atoms in total. The maximum Gasteiger partial charge on any atom is 0.306 e. The van der Waals surface area contributed by atoms with Gasteiger partial charge < -0.3 is 14.2 Å². The van der Waals surface area contributed by atoms with Crippen molar-refractivity contribution in [2.45, 2.75) is 303 Å². The quantitative estimate of drug-likeness (QED) is 0.0261. The minimum absolute atomic E-state index is 0.0876. The van der Waals surface area contributed by atoms with Gasteiger partial charge in [0.2, 0.25) is 0 Å². The third-order valence-corrected chi connectivity index (χ3v) is 13.3. The number of carbonyl (C=O) groups excluding carboxylic acids is 3. The highest BCUT2D eigenvalue weighted by atomic mass is 16.6. The van der Waals surface area contributed by atoms with E-state index in [-0.39, 0.29) is 31.1 Å². The Morgan fingerprint density at radius 1 is 0.284 bits per heavy atom. The molecule has 0 fully saturated rings. The van der Waals surface area contributed by atoms with Gasteiger partial charge in [-0.1, -0.05) is 253 Å². The van der Waals surface area contributed by atoms with Crippen molar-refractivity contribution in [3.63, 3.8) is 0 Å². The van der Waals surface area contributed by atoms with Gasteiger partial charge in [-0.2, -0.15) is 0 Å². The van der Waals surface area contributed by atoms with E-state index in [0.29, 0.717) is 19.3 Å². The van der Waals surface area contributed by atoms with Crippen molar-refractivity contribution in [1.82, 2.24) is 0 Å². The van der Waals surface area contributed by atoms with Gasteiger partial charge in [-0.05, 0) is 122 Å². The summed E-state index contributed by atoms with van der Waals surface area (Å²) in [6.45, 7) is 6.49. The van der Waals surface area contributed by atoms with Crippen molar-refractivity contribution in [3.05, 3.63) is 97.2 Å². The summed E-state index contributed by atoms with van der Waals surface area (Å²) < 4.78 is 16.9. The largest absolute Gasteiger partial charge is 0.462 e. The summed E-state index contributed by atoms with van der Waals surface area (Å²) in [5.74, 6) is -0.906. The maximum atomic E-state index is 12.9. The summed E-state index contributed by atoms with van der Waals surface area (Å²) in [6.07, 6.45) is 82.6. The van der Waals surface area contributed by atoms with Crippen LogP contribution in [0.1, 0.15) is 297 Å². The molecule has 0 spiro atoms. The molecule has 0 N–H and O–H groups in total. The van der Waals surface area contributed by atoms with E-state index in [1.807, 2.05) is 0 Å². The lowest BCUT2D eigenvalue weighted by Gasteiger charge is -2.18. The van der Waals surface area contributed by atoms with Gasteiger partial charge in [0.05, 0.1) is 0 Å². The maximum absolute atomic E-state index is 12.9. The summed E-state index contributed by atoms with van der Waals surface area (Å²) in [5.41, 5.74) is 0. The normalized spacial score (nSPS) is 12.7. The van der Waals surface area contributed by atoms with Crippen molar-refractivity contribution < 1.29 is 28.6 Å². The standard InChI is InChI=1S/C68H116O6/c1-4-7-10-13-16-19-22-25-27-29-31-33-34-36-37-39-41-43-46-49-52-55-58-61-67(70)73-64-65(63-72-66(69)60-57-54-51-48-45-24-21-18-15-12-9-6-3)74-68(71)62-59-56-53-50-47-44-42-40-38-35-32-30-28-26-23-20-17-14-11-8-5-2/h7,10,16,18-19,21,23,25-27,30-33,38,40,65H,4-6,8-9,11-15,17,20,22,24,28-29,34-37,39,41-64H2,1-3H3/b10-7-,19-16-,21-18-,26-23-,27-25-,32-30-,33-31-,40-38-. The summed E-state index contributed by atoms with van der Waals surface area (Å²) in [7, 11) is 0. The molecule has 0 amide bonds. The number of ether oxygens (including phenoxy) is 3. The van der Waals surface area contributed by atoms with Crippen LogP contribution >= 0.6 is 0 Å². The molecule has 0 aromatic rings. The summed E-state index contributed by atoms with van der Waals surface area (Å²) in [6, 6.07) is 0. The molecule has 424 valence electrons. The zero-order valence-electron chi connectivity index (χ0n) is 48.6. The average Bonchev–Trinajstić information content (AvgIpc) is 3.40. The molecular weight excluding hydrogens is 913 g/mol. The van der Waals surface area contributed by atoms with Crippen LogP contribution in [0, 0.1) is 0 Å². The number of allylic oxidation sites excluding steroid dienone is 16. The highest BCUT2D eigenvalue weighted by molar-refractivity contribution is 5.71. The molecule has 74 heavy (non-hydrogen) atoms. The van der Waals surface area contributed by atoms with Crippen LogP contribution in [0.25, 0.3) is 0 Å². The van der Waals surface area contributed by atoms with Crippen molar-refractivity contribution in [1.29, 1.82) is 0 Å². The van der Waals surface area contributed by atoms with Crippen LogP contribution in [-0.4, -0.2) is 37.2 Å². The van der Waals surface area contributed by atoms with E-state index in [1.165, 1.54) is 141 Å². The van der Waals surface area contributed by atoms with Crippen LogP contribution in [0.3, 0.4) is 0 Å². The molecule has 0 saturated heterocycles. The third-order valence-electron chi connectivity index (χ3n) is 13.3. The van der Waals surface area contributed by atoms with Crippen LogP contribution < -0.4 is 0 Å². The first-order valence-corrected chi connectivity index (χ1v) is 31.2. The monoisotopic (exact) mass is 1030 g/mol. The lowest BCUT2D eigenvalue weighted by Crippen LogP contribution is -2.30. The van der Waals surface area contributed by atoms with Gasteiger partial charge >= 0.3 is 17.9 Å². The van der Waals surface area contributed by atoms with Gasteiger partial charge in [0.1, 0.15) is 13.2 Å². The van der Waals surface area contributed by atoms with Gasteiger partial charge in [-0.25, -0.2) is 0 Å². The lowest BCUT2D eigenvalue weighted by molar-refractivity contribution is -0.167. The SMILES string of the molecule is CC/C=C\C/C=C\C/C=C\C/C=C\CCCCCCCCCCCCC(=O)OCC(COC(=O)CCCCCCC/C=C\CCCCC)OC(=O)CCCCCCCC/C=C\C/C=C\C/C=C\CCCCCCC. The Balaban J connectivity index is 4.36. The van der Waals surface area contributed by atoms with E-state index in [1.54, 1.807) is 0 Å². The Kier molecular flexibility index (Phi) is 58.8. The number of unbranched alkanes of at least 4 members (excludes halogenated alkanes) is 29. The Morgan fingerprint density at radius 2 is 0.527 bits per heavy atom. The van der Waals surface area contributed by atoms with E-state index in [0.717, 1.165) is 116 Å². The van der Waals surface area contributed by atoms with Gasteiger partial charge in [0, 0.05) is 19.3 Å². The first-order chi connectivity index (χ1) is 36.5. The predicted octanol–water partition coefficient (Wildman–Crippen LogP) is 21.3. The van der Waals surface area contributed by atoms with Crippen molar-refractivity contribution >= 4 is 17.9 Å². The van der Waals surface area contributed by atoms with Crippen LogP contribution in [0.15, 0.2) is 97.2 Å². The highest BCUT2D eigenvalue weighted by Gasteiger charge is 2.19. The molecule has 6 heteroatoms. The number of hydrogen-bond acceptors (Lipinski definition) is 6. The van der Waals surface area contributed by atoms with E-state index >= 15 is 0 Å². The number of hydrogen-bond donors (Lipinski definition) is 0. The molecule has 0 bridgehead atoms. The summed E-state index contributed by atoms with van der Waals surface area (Å²) in [5, 5.41) is 0. The zero-order valence-corrected chi connectivity index (χ0v) is 48.6. The first-order valence-electron chi connectivity index (χ1n) is 31.2. The van der Waals surface area contributed by atoms with E-state index in [9.17, 15) is 14.4 Å². The molecule has 1 atom stereocenters. The predicted molar refractivity (Wildman–Crippen MR) is 320 cm³/mol. The van der Waals surface area contributed by atoms with Gasteiger partial charge in [0.15, 0.2) is 6.10 Å². The smallest absolute Gasteiger partial charge is 0.306 e. The fourth-order valence-electron chi connectivity index (χ4n) is 8.61. The average molecular weight is 1030 g/mol. The fourth-order valence-corrected chi connectivity index (χ4v) is 8.61. The molecule has 0 aliphatic rings. The van der Waals surface area contributed by atoms with Crippen LogP contribution in [-0.2, 0) is 28.6 Å². The molecule has 0 aromatic heterocycles. The Morgan fingerprint density at radius 3 is 0.865 bits per heavy atom. The van der Waals surface area contributed by atoms with Gasteiger partial charge in [-0.3, -0.25) is 14.4 Å². The van der Waals surface area contributed by atoms with Crippen molar-refractivity contribution in [2.75, 3.05) is 13.2 Å². The summed E-state index contributed by atoms with van der Waals surface area (Å²) in [4.78, 5) is 38.3. The minimum Gasteiger partial charge on any atom is -0.462 e. The molecule has 0 heterocycles. The zero-order chi connectivity index (χ0) is 53.6. The molecule has 0 rings (SSSR count). The third kappa shape index (κ3) is 59.2. The Hall–Kier alpha value is -3.67. The molecular formula is C68H116O6. The van der Waals surface area contributed by atoms with Gasteiger partial charge in [0.25, 0.3) is 0 Å². The fraction of sp³-hybridized carbons (Fsp3) is 0.721. The van der Waals surface area contributed by atoms with Gasteiger partial charge in [-0.15, -0.1) is 0 Å². The second-order valence-electron chi connectivity index (χ2n) is 20.6. The second-order valence-corrected chi connectivity index (χ2v) is 20.6. The van der Waals surface area contributed by atoms with Crippen LogP contribution in [0.5, 0.6) is 0 Å². The number of rotatable bonds is 56. The van der Waals surface area contributed by atoms with Crippen LogP contribution in [0.4, 0.5) is 0 Å². The van der Waals surface area contributed by atoms with Crippen LogP contribution in [0.2, 0.25) is 0 Å². The Bertz CT molecular complexity index is 1460. The molecule has 0 radical (unpaired) electrons. The molecule has 1 unspecified atom stereocenters. The molecule has 0 aliphatic heterocycles. The molecule has 0 aliphatic carbocycles. The minimum atomic E-state index is -0.791. The van der Waals surface area contributed by atoms with Crippen molar-refractivity contribution in [3.8, 4) is 0 Å². The summed E-state index contributed by atoms with van der Waals surface area (Å²) >= 11 is 0. The lowest BCUT2D eigenvalue weighted by atomic mass is 10.1. The van der Waals surface area contributed by atoms with E-state index in [2.05, 4.69) is 118 Å². The highest BCUT2D eigenvalue weighted by Crippen LogP contribution is 2.15. The molecule has 0 saturated carbocycles. The van der Waals surface area contributed by atoms with E-state index < -0.39 is 6.10 Å². The van der Waals surface area contributed by atoms with Crippen molar-refractivity contribution in [2.24, 2.45) is 0 Å². The number of carbonyl (C=O) groups is 3. The van der Waals surface area contributed by atoms with E-state index in [4.69, 9.17) is 14.2 Å². The Labute approximate surface area is 457 Å². The second kappa shape index (κ2) is 61.9. The number of esters is 3. The molecule has 0 aromatic carbocycles. The topological polar surface area (TPSA) is 78.9 Å².